The smallest absolute Gasteiger partial charge is 0.217 e. The highest BCUT2D eigenvalue weighted by molar-refractivity contribution is 5.73. The van der Waals surface area contributed by atoms with Crippen LogP contribution in [0.15, 0.2) is 0 Å². The third-order valence-corrected chi connectivity index (χ3v) is 5.50. The molecule has 1 unspecified atom stereocenters. The van der Waals surface area contributed by atoms with Gasteiger partial charge in [-0.25, -0.2) is 10.0 Å². The van der Waals surface area contributed by atoms with Crippen LogP contribution in [0.3, 0.4) is 0 Å². The Balaban J connectivity index is 1.56. The summed E-state index contributed by atoms with van der Waals surface area (Å²) in [5.74, 6) is 0.114. The van der Waals surface area contributed by atoms with Gasteiger partial charge in [0, 0.05) is 32.6 Å². The van der Waals surface area contributed by atoms with E-state index in [0.29, 0.717) is 12.2 Å². The Morgan fingerprint density at radius 1 is 0.864 bits per heavy atom. The van der Waals surface area contributed by atoms with E-state index in [1.165, 1.54) is 58.2 Å². The number of hydrazine groups is 1. The third kappa shape index (κ3) is 4.00. The van der Waals surface area contributed by atoms with Gasteiger partial charge in [-0.1, -0.05) is 6.42 Å². The van der Waals surface area contributed by atoms with E-state index in [9.17, 15) is 4.79 Å². The van der Waals surface area contributed by atoms with Gasteiger partial charge < -0.3 is 5.32 Å². The second kappa shape index (κ2) is 7.75. The molecule has 3 aliphatic rings. The lowest BCUT2D eigenvalue weighted by molar-refractivity contribution is -0.144. The molecule has 3 fully saturated rings. The van der Waals surface area contributed by atoms with E-state index in [0.717, 1.165) is 25.9 Å². The molecule has 3 rings (SSSR count). The second-order valence-electron chi connectivity index (χ2n) is 7.16. The van der Waals surface area contributed by atoms with E-state index in [1.807, 2.05) is 0 Å². The SMILES string of the molecule is CC(=O)NC1CCN(N2CCCCC2N2CCCCC2)CC1. The van der Waals surface area contributed by atoms with Crippen LogP contribution in [0.25, 0.3) is 0 Å². The summed E-state index contributed by atoms with van der Waals surface area (Å²) < 4.78 is 0. The van der Waals surface area contributed by atoms with Gasteiger partial charge in [0.05, 0.1) is 6.17 Å². The van der Waals surface area contributed by atoms with E-state index >= 15 is 0 Å². The molecule has 5 nitrogen and oxygen atoms in total. The lowest BCUT2D eigenvalue weighted by Crippen LogP contribution is -2.61. The highest BCUT2D eigenvalue weighted by Crippen LogP contribution is 2.26. The van der Waals surface area contributed by atoms with Crippen molar-refractivity contribution in [2.75, 3.05) is 32.7 Å². The predicted octanol–water partition coefficient (Wildman–Crippen LogP) is 1.80. The molecule has 0 aliphatic carbocycles. The molecule has 0 spiro atoms. The molecule has 3 aliphatic heterocycles. The second-order valence-corrected chi connectivity index (χ2v) is 7.16. The standard InChI is InChI=1S/C17H32N4O/c1-15(22)18-16-8-13-20(14-9-16)21-12-6-3-7-17(21)19-10-4-2-5-11-19/h16-17H,2-14H2,1H3,(H,18,22). The number of hydrogen-bond donors (Lipinski definition) is 1. The molecule has 0 radical (unpaired) electrons. The fourth-order valence-corrected chi connectivity index (χ4v) is 4.37. The summed E-state index contributed by atoms with van der Waals surface area (Å²) in [7, 11) is 0. The van der Waals surface area contributed by atoms with Crippen LogP contribution in [0, 0.1) is 0 Å². The van der Waals surface area contributed by atoms with Crippen molar-refractivity contribution < 1.29 is 4.79 Å². The van der Waals surface area contributed by atoms with Crippen LogP contribution in [0.4, 0.5) is 0 Å². The van der Waals surface area contributed by atoms with Gasteiger partial charge in [0.2, 0.25) is 5.91 Å². The largest absolute Gasteiger partial charge is 0.354 e. The zero-order chi connectivity index (χ0) is 15.4. The number of rotatable bonds is 3. The number of hydrogen-bond acceptors (Lipinski definition) is 4. The molecule has 0 aromatic rings. The lowest BCUT2D eigenvalue weighted by atomic mass is 10.0. The van der Waals surface area contributed by atoms with Crippen molar-refractivity contribution in [2.24, 2.45) is 0 Å². The predicted molar refractivity (Wildman–Crippen MR) is 88.2 cm³/mol. The topological polar surface area (TPSA) is 38.8 Å². The molecule has 0 aromatic carbocycles. The van der Waals surface area contributed by atoms with Gasteiger partial charge in [0.15, 0.2) is 0 Å². The minimum Gasteiger partial charge on any atom is -0.354 e. The van der Waals surface area contributed by atoms with Gasteiger partial charge in [-0.3, -0.25) is 9.69 Å². The summed E-state index contributed by atoms with van der Waals surface area (Å²) in [6, 6.07) is 0.381. The number of carbonyl (C=O) groups excluding carboxylic acids is 1. The zero-order valence-electron chi connectivity index (χ0n) is 14.1. The molecule has 0 saturated carbocycles. The highest BCUT2D eigenvalue weighted by Gasteiger charge is 2.34. The molecule has 1 amide bonds. The van der Waals surface area contributed by atoms with Crippen LogP contribution in [-0.2, 0) is 4.79 Å². The number of nitrogens with one attached hydrogen (secondary N) is 1. The van der Waals surface area contributed by atoms with Crippen LogP contribution >= 0.6 is 0 Å². The summed E-state index contributed by atoms with van der Waals surface area (Å²) in [5, 5.41) is 8.33. The molecule has 0 bridgehead atoms. The summed E-state index contributed by atoms with van der Waals surface area (Å²) in [6.07, 6.45) is 11.0. The minimum atomic E-state index is 0.114. The van der Waals surface area contributed by atoms with E-state index in [2.05, 4.69) is 20.2 Å². The first-order valence-corrected chi connectivity index (χ1v) is 9.27. The Kier molecular flexibility index (Phi) is 5.71. The minimum absolute atomic E-state index is 0.114. The average molecular weight is 308 g/mol. The van der Waals surface area contributed by atoms with Gasteiger partial charge in [0.1, 0.15) is 0 Å². The molecular weight excluding hydrogens is 276 g/mol. The lowest BCUT2D eigenvalue weighted by Gasteiger charge is -2.50. The first-order chi connectivity index (χ1) is 10.7. The number of carbonyl (C=O) groups is 1. The molecule has 0 aromatic heterocycles. The molecule has 3 heterocycles. The Morgan fingerprint density at radius 2 is 1.55 bits per heavy atom. The van der Waals surface area contributed by atoms with Gasteiger partial charge in [-0.2, -0.15) is 0 Å². The summed E-state index contributed by atoms with van der Waals surface area (Å²) in [6.45, 7) is 7.59. The van der Waals surface area contributed by atoms with Crippen molar-refractivity contribution >= 4 is 5.91 Å². The summed E-state index contributed by atoms with van der Waals surface area (Å²) in [5.41, 5.74) is 0. The van der Waals surface area contributed by atoms with Gasteiger partial charge >= 0.3 is 0 Å². The van der Waals surface area contributed by atoms with E-state index in [-0.39, 0.29) is 5.91 Å². The highest BCUT2D eigenvalue weighted by atomic mass is 16.1. The maximum absolute atomic E-state index is 11.2. The van der Waals surface area contributed by atoms with Crippen LogP contribution in [-0.4, -0.2) is 65.8 Å². The molecule has 5 heteroatoms. The fraction of sp³-hybridized carbons (Fsp3) is 0.941. The number of piperidine rings is 3. The molecular formula is C17H32N4O. The van der Waals surface area contributed by atoms with Crippen molar-refractivity contribution in [3.8, 4) is 0 Å². The fourth-order valence-electron chi connectivity index (χ4n) is 4.37. The molecule has 1 N–H and O–H groups in total. The van der Waals surface area contributed by atoms with Crippen molar-refractivity contribution in [3.63, 3.8) is 0 Å². The molecule has 3 saturated heterocycles. The Hall–Kier alpha value is -0.650. The first-order valence-electron chi connectivity index (χ1n) is 9.27. The molecule has 22 heavy (non-hydrogen) atoms. The average Bonchev–Trinajstić information content (AvgIpc) is 2.56. The van der Waals surface area contributed by atoms with E-state index in [4.69, 9.17) is 0 Å². The Bertz CT molecular complexity index is 362. The van der Waals surface area contributed by atoms with Gasteiger partial charge in [0.25, 0.3) is 0 Å². The maximum Gasteiger partial charge on any atom is 0.217 e. The first kappa shape index (κ1) is 16.2. The number of likely N-dealkylation sites (tertiary alicyclic amines) is 1. The number of nitrogens with zero attached hydrogens (tertiary/aromatic N) is 3. The zero-order valence-corrected chi connectivity index (χ0v) is 14.1. The summed E-state index contributed by atoms with van der Waals surface area (Å²) >= 11 is 0. The van der Waals surface area contributed by atoms with E-state index < -0.39 is 0 Å². The maximum atomic E-state index is 11.2. The normalized spacial score (nSPS) is 30.3. The molecule has 126 valence electrons. The van der Waals surface area contributed by atoms with E-state index in [1.54, 1.807) is 6.92 Å². The summed E-state index contributed by atoms with van der Waals surface area (Å²) in [4.78, 5) is 13.9. The number of amides is 1. The Morgan fingerprint density at radius 3 is 2.23 bits per heavy atom. The van der Waals surface area contributed by atoms with Crippen molar-refractivity contribution in [1.82, 2.24) is 20.2 Å². The molecule has 1 atom stereocenters. The van der Waals surface area contributed by atoms with Crippen LogP contribution < -0.4 is 5.32 Å². The van der Waals surface area contributed by atoms with Gasteiger partial charge in [-0.05, 0) is 58.0 Å². The Labute approximate surface area is 135 Å². The third-order valence-electron chi connectivity index (χ3n) is 5.50. The van der Waals surface area contributed by atoms with Crippen molar-refractivity contribution in [3.05, 3.63) is 0 Å². The monoisotopic (exact) mass is 308 g/mol. The van der Waals surface area contributed by atoms with Crippen LogP contribution in [0.2, 0.25) is 0 Å². The van der Waals surface area contributed by atoms with Gasteiger partial charge in [-0.15, -0.1) is 0 Å². The quantitative estimate of drug-likeness (QED) is 0.863. The van der Waals surface area contributed by atoms with Crippen molar-refractivity contribution in [1.29, 1.82) is 0 Å². The van der Waals surface area contributed by atoms with Crippen molar-refractivity contribution in [2.45, 2.75) is 70.5 Å². The van der Waals surface area contributed by atoms with Crippen LogP contribution in [0.1, 0.15) is 58.3 Å². The van der Waals surface area contributed by atoms with Crippen LogP contribution in [0.5, 0.6) is 0 Å².